The first kappa shape index (κ1) is 14.4. The first-order valence-electron chi connectivity index (χ1n) is 5.46. The number of carbonyl (C=O) groups is 1. The molecule has 1 saturated heterocycles. The highest BCUT2D eigenvalue weighted by molar-refractivity contribution is 7.20. The molecule has 0 aliphatic carbocycles. The van der Waals surface area contributed by atoms with Gasteiger partial charge in [-0.05, 0) is 13.0 Å². The Bertz CT molecular complexity index is 451. The number of nitrogens with zero attached hydrogens (tertiary/aromatic N) is 1. The van der Waals surface area contributed by atoms with E-state index in [0.717, 1.165) is 0 Å². The molecule has 0 spiro atoms. The molecule has 18 heavy (non-hydrogen) atoms. The third-order valence-corrected chi connectivity index (χ3v) is 4.66. The largest absolute Gasteiger partial charge is 0.373 e. The van der Waals surface area contributed by atoms with Crippen LogP contribution < -0.4 is 0 Å². The third-order valence-electron chi connectivity index (χ3n) is 2.83. The Labute approximate surface area is 125 Å². The van der Waals surface area contributed by atoms with E-state index in [2.05, 4.69) is 0 Å². The number of carbonyl (C=O) groups excluding carboxylic acids is 1. The summed E-state index contributed by atoms with van der Waals surface area (Å²) in [6.07, 6.45) is -0.125. The van der Waals surface area contributed by atoms with E-state index in [9.17, 15) is 4.79 Å². The fraction of sp³-hybridized carbons (Fsp3) is 0.545. The van der Waals surface area contributed by atoms with Gasteiger partial charge in [-0.15, -0.1) is 22.9 Å². The van der Waals surface area contributed by atoms with Crippen LogP contribution in [0.3, 0.4) is 0 Å². The van der Waals surface area contributed by atoms with Gasteiger partial charge in [-0.1, -0.05) is 23.2 Å². The van der Waals surface area contributed by atoms with Crippen LogP contribution in [0.1, 0.15) is 17.3 Å². The standard InChI is InChI=1S/C11H12Cl3NO2S/c1-6-5-17-7(3-12)4-15(6)11(16)8-2-9(13)18-10(8)14/h2,6-7H,3-5H2,1H3. The molecule has 3 nitrogen and oxygen atoms in total. The molecule has 2 atom stereocenters. The van der Waals surface area contributed by atoms with Crippen LogP contribution in [0, 0.1) is 0 Å². The highest BCUT2D eigenvalue weighted by Gasteiger charge is 2.31. The van der Waals surface area contributed by atoms with Crippen molar-refractivity contribution in [2.24, 2.45) is 0 Å². The van der Waals surface area contributed by atoms with E-state index in [1.165, 1.54) is 11.3 Å². The van der Waals surface area contributed by atoms with Crippen LogP contribution in [-0.4, -0.2) is 42.0 Å². The molecule has 100 valence electrons. The normalized spacial score (nSPS) is 24.3. The van der Waals surface area contributed by atoms with Crippen LogP contribution in [0.5, 0.6) is 0 Å². The molecular weight excluding hydrogens is 317 g/mol. The van der Waals surface area contributed by atoms with Gasteiger partial charge in [-0.3, -0.25) is 4.79 Å². The van der Waals surface area contributed by atoms with Crippen molar-refractivity contribution in [3.8, 4) is 0 Å². The molecule has 1 fully saturated rings. The van der Waals surface area contributed by atoms with Crippen LogP contribution in [0.15, 0.2) is 6.07 Å². The van der Waals surface area contributed by atoms with Crippen molar-refractivity contribution in [2.45, 2.75) is 19.1 Å². The Morgan fingerprint density at radius 3 is 2.89 bits per heavy atom. The lowest BCUT2D eigenvalue weighted by Gasteiger charge is -2.37. The smallest absolute Gasteiger partial charge is 0.256 e. The number of ether oxygens (including phenoxy) is 1. The summed E-state index contributed by atoms with van der Waals surface area (Å²) in [5.41, 5.74) is 0.453. The molecule has 1 aliphatic heterocycles. The Morgan fingerprint density at radius 1 is 1.61 bits per heavy atom. The Kier molecular flexibility index (Phi) is 4.78. The van der Waals surface area contributed by atoms with Crippen LogP contribution in [0.4, 0.5) is 0 Å². The van der Waals surface area contributed by atoms with Crippen LogP contribution >= 0.6 is 46.1 Å². The zero-order chi connectivity index (χ0) is 13.3. The maximum absolute atomic E-state index is 12.4. The number of halogens is 3. The maximum atomic E-state index is 12.4. The van der Waals surface area contributed by atoms with Gasteiger partial charge < -0.3 is 9.64 Å². The van der Waals surface area contributed by atoms with Gasteiger partial charge >= 0.3 is 0 Å². The highest BCUT2D eigenvalue weighted by atomic mass is 35.5. The van der Waals surface area contributed by atoms with E-state index >= 15 is 0 Å². The Hall–Kier alpha value is -0.0000000000000000555. The van der Waals surface area contributed by atoms with E-state index in [1.54, 1.807) is 11.0 Å². The summed E-state index contributed by atoms with van der Waals surface area (Å²) < 4.78 is 6.44. The van der Waals surface area contributed by atoms with E-state index in [1.807, 2.05) is 6.92 Å². The lowest BCUT2D eigenvalue weighted by molar-refractivity contribution is -0.0371. The fourth-order valence-corrected chi connectivity index (χ4v) is 3.47. The van der Waals surface area contributed by atoms with Crippen LogP contribution in [-0.2, 0) is 4.74 Å². The third kappa shape index (κ3) is 2.94. The summed E-state index contributed by atoms with van der Waals surface area (Å²) in [4.78, 5) is 14.1. The molecule has 2 heterocycles. The molecule has 2 rings (SSSR count). The van der Waals surface area contributed by atoms with Gasteiger partial charge in [0.15, 0.2) is 0 Å². The average molecular weight is 329 g/mol. The molecule has 0 radical (unpaired) electrons. The first-order valence-corrected chi connectivity index (χ1v) is 7.57. The molecule has 0 aromatic carbocycles. The summed E-state index contributed by atoms with van der Waals surface area (Å²) in [7, 11) is 0. The Balaban J connectivity index is 2.19. The number of thiophene rings is 1. The molecule has 7 heteroatoms. The maximum Gasteiger partial charge on any atom is 0.256 e. The van der Waals surface area contributed by atoms with Crippen LogP contribution in [0.25, 0.3) is 0 Å². The predicted octanol–water partition coefficient (Wildman–Crippen LogP) is 3.52. The molecule has 1 aromatic rings. The number of rotatable bonds is 2. The Morgan fingerprint density at radius 2 is 2.33 bits per heavy atom. The number of amides is 1. The second kappa shape index (κ2) is 5.97. The van der Waals surface area contributed by atoms with Gasteiger partial charge in [0.2, 0.25) is 0 Å². The summed E-state index contributed by atoms with van der Waals surface area (Å²) >= 11 is 18.8. The van der Waals surface area contributed by atoms with Crippen molar-refractivity contribution >= 4 is 52.0 Å². The van der Waals surface area contributed by atoms with Gasteiger partial charge in [-0.2, -0.15) is 0 Å². The lowest BCUT2D eigenvalue weighted by Crippen LogP contribution is -2.51. The van der Waals surface area contributed by atoms with Gasteiger partial charge in [0.25, 0.3) is 5.91 Å². The van der Waals surface area contributed by atoms with Crippen LogP contribution in [0.2, 0.25) is 8.67 Å². The molecule has 1 amide bonds. The number of hydrogen-bond donors (Lipinski definition) is 0. The quantitative estimate of drug-likeness (QED) is 0.777. The van der Waals surface area contributed by atoms with E-state index in [-0.39, 0.29) is 18.1 Å². The van der Waals surface area contributed by atoms with Crippen molar-refractivity contribution in [2.75, 3.05) is 19.0 Å². The minimum Gasteiger partial charge on any atom is -0.373 e. The average Bonchev–Trinajstić information content (AvgIpc) is 2.68. The summed E-state index contributed by atoms with van der Waals surface area (Å²) in [5.74, 6) is 0.253. The van der Waals surface area contributed by atoms with Crippen molar-refractivity contribution in [3.05, 3.63) is 20.3 Å². The van der Waals surface area contributed by atoms with E-state index in [4.69, 9.17) is 39.5 Å². The van der Waals surface area contributed by atoms with Gasteiger partial charge in [0.05, 0.1) is 34.5 Å². The molecule has 0 bridgehead atoms. The summed E-state index contributed by atoms with van der Waals surface area (Å²) in [6, 6.07) is 1.61. The van der Waals surface area contributed by atoms with Gasteiger partial charge in [-0.25, -0.2) is 0 Å². The SMILES string of the molecule is CC1COC(CCl)CN1C(=O)c1cc(Cl)sc1Cl. The first-order chi connectivity index (χ1) is 8.52. The molecule has 2 unspecified atom stereocenters. The van der Waals surface area contributed by atoms with Gasteiger partial charge in [0.1, 0.15) is 4.34 Å². The van der Waals surface area contributed by atoms with Gasteiger partial charge in [0, 0.05) is 6.54 Å². The molecule has 0 N–H and O–H groups in total. The second-order valence-corrected chi connectivity index (χ2v) is 6.75. The fourth-order valence-electron chi connectivity index (χ4n) is 1.83. The topological polar surface area (TPSA) is 29.5 Å². The monoisotopic (exact) mass is 327 g/mol. The zero-order valence-corrected chi connectivity index (χ0v) is 12.7. The number of alkyl halides is 1. The number of hydrogen-bond acceptors (Lipinski definition) is 3. The predicted molar refractivity (Wildman–Crippen MR) is 75.3 cm³/mol. The van der Waals surface area contributed by atoms with Crippen molar-refractivity contribution < 1.29 is 9.53 Å². The van der Waals surface area contributed by atoms with Crippen molar-refractivity contribution in [1.82, 2.24) is 4.90 Å². The van der Waals surface area contributed by atoms with Crippen molar-refractivity contribution in [1.29, 1.82) is 0 Å². The zero-order valence-electron chi connectivity index (χ0n) is 9.66. The van der Waals surface area contributed by atoms with E-state index < -0.39 is 0 Å². The van der Waals surface area contributed by atoms with E-state index in [0.29, 0.717) is 33.3 Å². The second-order valence-electron chi connectivity index (χ2n) is 4.15. The molecule has 1 aromatic heterocycles. The summed E-state index contributed by atoms with van der Waals surface area (Å²) in [5, 5.41) is 0. The highest BCUT2D eigenvalue weighted by Crippen LogP contribution is 2.32. The minimum absolute atomic E-state index is 0.00621. The van der Waals surface area contributed by atoms with Crippen molar-refractivity contribution in [3.63, 3.8) is 0 Å². The minimum atomic E-state index is -0.125. The summed E-state index contributed by atoms with van der Waals surface area (Å²) in [6.45, 7) is 2.90. The number of morpholine rings is 1. The lowest BCUT2D eigenvalue weighted by atomic mass is 10.1. The molecular formula is C11H12Cl3NO2S. The molecule has 1 aliphatic rings. The molecule has 0 saturated carbocycles.